The molecule has 0 bridgehead atoms. The summed E-state index contributed by atoms with van der Waals surface area (Å²) in [5.41, 5.74) is -1.33. The third kappa shape index (κ3) is 2.88. The zero-order valence-corrected chi connectivity index (χ0v) is 10.1. The zero-order chi connectivity index (χ0) is 13.1. The van der Waals surface area contributed by atoms with Crippen LogP contribution in [0.15, 0.2) is 18.2 Å². The monoisotopic (exact) mass is 240 g/mol. The summed E-state index contributed by atoms with van der Waals surface area (Å²) in [7, 11) is 2.96. The summed E-state index contributed by atoms with van der Waals surface area (Å²) in [4.78, 5) is 10.9. The van der Waals surface area contributed by atoms with E-state index in [9.17, 15) is 9.90 Å². The molecular weight excluding hydrogens is 224 g/mol. The van der Waals surface area contributed by atoms with E-state index < -0.39 is 11.6 Å². The molecule has 0 aliphatic rings. The average Bonchev–Trinajstić information content (AvgIpc) is 2.28. The van der Waals surface area contributed by atoms with Crippen LogP contribution >= 0.6 is 0 Å². The first-order chi connectivity index (χ1) is 7.92. The number of carboxylic acids is 1. The van der Waals surface area contributed by atoms with Crippen molar-refractivity contribution >= 4 is 5.97 Å². The fraction of sp³-hybridized carbons (Fsp3) is 0.417. The highest BCUT2D eigenvalue weighted by atomic mass is 16.5. The fourth-order valence-corrected chi connectivity index (χ4v) is 1.52. The smallest absolute Gasteiger partial charge is 0.335 e. The predicted molar refractivity (Wildman–Crippen MR) is 61.5 cm³/mol. The van der Waals surface area contributed by atoms with Gasteiger partial charge in [0.2, 0.25) is 0 Å². The second-order valence-electron chi connectivity index (χ2n) is 3.90. The maximum atomic E-state index is 10.9. The SMILES string of the molecule is COc1cccc(OC)c1CC(C)(O)C(=O)O. The van der Waals surface area contributed by atoms with Crippen LogP contribution in [0, 0.1) is 0 Å². The van der Waals surface area contributed by atoms with Crippen LogP contribution in [0.4, 0.5) is 0 Å². The number of carbonyl (C=O) groups is 1. The van der Waals surface area contributed by atoms with Gasteiger partial charge in [0.15, 0.2) is 5.60 Å². The molecule has 5 nitrogen and oxygen atoms in total. The number of rotatable bonds is 5. The molecule has 0 heterocycles. The van der Waals surface area contributed by atoms with Gasteiger partial charge in [-0.15, -0.1) is 0 Å². The lowest BCUT2D eigenvalue weighted by Gasteiger charge is -2.21. The zero-order valence-electron chi connectivity index (χ0n) is 10.1. The number of ether oxygens (including phenoxy) is 2. The van der Waals surface area contributed by atoms with Crippen molar-refractivity contribution in [2.24, 2.45) is 0 Å². The van der Waals surface area contributed by atoms with Crippen LogP contribution in [0.25, 0.3) is 0 Å². The molecule has 94 valence electrons. The molecule has 1 unspecified atom stereocenters. The maximum absolute atomic E-state index is 10.9. The third-order valence-corrected chi connectivity index (χ3v) is 2.51. The molecule has 0 aromatic heterocycles. The standard InChI is InChI=1S/C12H16O5/c1-12(15,11(13)14)7-8-9(16-2)5-4-6-10(8)17-3/h4-6,15H,7H2,1-3H3,(H,13,14). The second-order valence-corrected chi connectivity index (χ2v) is 3.90. The van der Waals surface area contributed by atoms with Crippen molar-refractivity contribution in [2.75, 3.05) is 14.2 Å². The molecule has 0 aliphatic heterocycles. The van der Waals surface area contributed by atoms with E-state index in [1.54, 1.807) is 18.2 Å². The van der Waals surface area contributed by atoms with Crippen molar-refractivity contribution in [2.45, 2.75) is 18.9 Å². The summed E-state index contributed by atoms with van der Waals surface area (Å²) in [5, 5.41) is 18.7. The van der Waals surface area contributed by atoms with Crippen LogP contribution in [0.2, 0.25) is 0 Å². The summed E-state index contributed by atoms with van der Waals surface area (Å²) in [6, 6.07) is 5.11. The molecule has 2 N–H and O–H groups in total. The van der Waals surface area contributed by atoms with Crippen molar-refractivity contribution in [3.63, 3.8) is 0 Å². The molecule has 0 saturated carbocycles. The minimum Gasteiger partial charge on any atom is -0.496 e. The molecule has 1 aromatic rings. The first-order valence-corrected chi connectivity index (χ1v) is 5.08. The Labute approximate surface area is 99.6 Å². The molecule has 0 radical (unpaired) electrons. The first-order valence-electron chi connectivity index (χ1n) is 5.08. The van der Waals surface area contributed by atoms with Crippen molar-refractivity contribution in [1.82, 2.24) is 0 Å². The Bertz CT molecular complexity index is 389. The molecule has 17 heavy (non-hydrogen) atoms. The lowest BCUT2D eigenvalue weighted by molar-refractivity contribution is -0.156. The van der Waals surface area contributed by atoms with Gasteiger partial charge >= 0.3 is 5.97 Å². The second kappa shape index (κ2) is 5.05. The molecule has 1 aromatic carbocycles. The summed E-state index contributed by atoms with van der Waals surface area (Å²) in [5.74, 6) is -0.304. The number of aliphatic hydroxyl groups is 1. The molecule has 0 amide bonds. The van der Waals surface area contributed by atoms with E-state index in [1.807, 2.05) is 0 Å². The van der Waals surface area contributed by atoms with Crippen molar-refractivity contribution in [3.8, 4) is 11.5 Å². The normalized spacial score (nSPS) is 13.9. The van der Waals surface area contributed by atoms with Gasteiger partial charge in [0.05, 0.1) is 14.2 Å². The summed E-state index contributed by atoms with van der Waals surface area (Å²) in [6.45, 7) is 1.24. The van der Waals surface area contributed by atoms with Crippen molar-refractivity contribution in [1.29, 1.82) is 0 Å². The van der Waals surface area contributed by atoms with Crippen molar-refractivity contribution in [3.05, 3.63) is 23.8 Å². The minimum absolute atomic E-state index is 0.0878. The van der Waals surface area contributed by atoms with E-state index in [2.05, 4.69) is 0 Å². The van der Waals surface area contributed by atoms with E-state index in [4.69, 9.17) is 14.6 Å². The summed E-state index contributed by atoms with van der Waals surface area (Å²) < 4.78 is 10.3. The van der Waals surface area contributed by atoms with E-state index in [0.29, 0.717) is 17.1 Å². The Kier molecular flexibility index (Phi) is 3.96. The molecule has 0 saturated heterocycles. The summed E-state index contributed by atoms with van der Waals surface area (Å²) in [6.07, 6.45) is -0.0878. The van der Waals surface area contributed by atoms with Crippen LogP contribution < -0.4 is 9.47 Å². The van der Waals surface area contributed by atoms with E-state index in [-0.39, 0.29) is 6.42 Å². The molecule has 0 fully saturated rings. The number of methoxy groups -OCH3 is 2. The third-order valence-electron chi connectivity index (χ3n) is 2.51. The molecule has 5 heteroatoms. The van der Waals surface area contributed by atoms with Gasteiger partial charge in [-0.3, -0.25) is 0 Å². The van der Waals surface area contributed by atoms with Gasteiger partial charge in [0.25, 0.3) is 0 Å². The minimum atomic E-state index is -1.86. The lowest BCUT2D eigenvalue weighted by Crippen LogP contribution is -2.37. The van der Waals surface area contributed by atoms with Gasteiger partial charge in [0.1, 0.15) is 11.5 Å². The van der Waals surface area contributed by atoms with Crippen LogP contribution in [-0.2, 0) is 11.2 Å². The molecule has 0 aliphatic carbocycles. The number of benzene rings is 1. The van der Waals surface area contributed by atoms with Gasteiger partial charge in [0, 0.05) is 12.0 Å². The van der Waals surface area contributed by atoms with Crippen LogP contribution in [0.1, 0.15) is 12.5 Å². The van der Waals surface area contributed by atoms with Crippen LogP contribution in [0.5, 0.6) is 11.5 Å². The van der Waals surface area contributed by atoms with E-state index in [1.165, 1.54) is 21.1 Å². The quantitative estimate of drug-likeness (QED) is 0.805. The molecule has 0 spiro atoms. The maximum Gasteiger partial charge on any atom is 0.335 e. The number of aliphatic carboxylic acids is 1. The van der Waals surface area contributed by atoms with E-state index >= 15 is 0 Å². The highest BCUT2D eigenvalue weighted by Gasteiger charge is 2.32. The average molecular weight is 240 g/mol. The molecular formula is C12H16O5. The molecule has 1 rings (SSSR count). The van der Waals surface area contributed by atoms with Gasteiger partial charge in [-0.2, -0.15) is 0 Å². The van der Waals surface area contributed by atoms with Crippen LogP contribution in [0.3, 0.4) is 0 Å². The van der Waals surface area contributed by atoms with Gasteiger partial charge in [-0.1, -0.05) is 6.07 Å². The highest BCUT2D eigenvalue weighted by Crippen LogP contribution is 2.31. The van der Waals surface area contributed by atoms with Crippen LogP contribution in [-0.4, -0.2) is 36.0 Å². The Balaban J connectivity index is 3.16. The highest BCUT2D eigenvalue weighted by molar-refractivity contribution is 5.77. The molecule has 1 atom stereocenters. The van der Waals surface area contributed by atoms with E-state index in [0.717, 1.165) is 0 Å². The van der Waals surface area contributed by atoms with Gasteiger partial charge in [-0.25, -0.2) is 4.79 Å². The number of carboxylic acid groups (broad SMARTS) is 1. The fourth-order valence-electron chi connectivity index (χ4n) is 1.52. The first kappa shape index (κ1) is 13.3. The number of hydrogen-bond acceptors (Lipinski definition) is 4. The van der Waals surface area contributed by atoms with Crippen molar-refractivity contribution < 1.29 is 24.5 Å². The largest absolute Gasteiger partial charge is 0.496 e. The lowest BCUT2D eigenvalue weighted by atomic mass is 9.95. The summed E-state index contributed by atoms with van der Waals surface area (Å²) >= 11 is 0. The Morgan fingerprint density at radius 3 is 2.12 bits per heavy atom. The van der Waals surface area contributed by atoms with Gasteiger partial charge in [-0.05, 0) is 19.1 Å². The number of hydrogen-bond donors (Lipinski definition) is 2. The Morgan fingerprint density at radius 2 is 1.76 bits per heavy atom. The Morgan fingerprint density at radius 1 is 1.29 bits per heavy atom. The Hall–Kier alpha value is -1.75. The topological polar surface area (TPSA) is 76.0 Å². The predicted octanol–water partition coefficient (Wildman–Crippen LogP) is 1.08. The van der Waals surface area contributed by atoms with Gasteiger partial charge < -0.3 is 19.7 Å².